The van der Waals surface area contributed by atoms with Gasteiger partial charge in [0, 0.05) is 78.4 Å². The zero-order chi connectivity index (χ0) is 0. The van der Waals surface area contributed by atoms with Crippen LogP contribution >= 0.6 is 0 Å². The summed E-state index contributed by atoms with van der Waals surface area (Å²) < 4.78 is 0. The van der Waals surface area contributed by atoms with Crippen LogP contribution in [0.15, 0.2) is 0 Å². The van der Waals surface area contributed by atoms with Crippen molar-refractivity contribution in [2.75, 3.05) is 0 Å². The Morgan fingerprint density at radius 1 is 1.00 bits per heavy atom. The number of hydrogen-bond donors (Lipinski definition) is 0. The van der Waals surface area contributed by atoms with Gasteiger partial charge in [0.05, 0.1) is 0 Å². The summed E-state index contributed by atoms with van der Waals surface area (Å²) in [5.41, 5.74) is 0. The van der Waals surface area contributed by atoms with E-state index < -0.39 is 0 Å². The fraction of sp³-hybridized carbons (Fsp3) is 0. The van der Waals surface area contributed by atoms with Gasteiger partial charge in [-0.15, -0.1) is 0 Å². The Balaban J connectivity index is 0. The van der Waals surface area contributed by atoms with E-state index in [0.717, 1.165) is 0 Å². The third-order valence-corrected chi connectivity index (χ3v) is 0. The van der Waals surface area contributed by atoms with Gasteiger partial charge >= 0.3 is 60.8 Å². The molecule has 0 aromatic heterocycles. The largest absolute Gasteiger partial charge is 0.316 e. The minimum atomic E-state index is 0. The van der Waals surface area contributed by atoms with E-state index >= 15 is 0 Å². The molecular weight excluding hydrogens is 310 g/mol. The van der Waals surface area contributed by atoms with Crippen molar-refractivity contribution in [1.29, 1.82) is 0 Å². The van der Waals surface area contributed by atoms with Crippen molar-refractivity contribution in [3.63, 3.8) is 0 Å². The van der Waals surface area contributed by atoms with Gasteiger partial charge in [-0.2, -0.15) is 0 Å². The Labute approximate surface area is 135 Å². The van der Waals surface area contributed by atoms with Gasteiger partial charge in [0.2, 0.25) is 0 Å². The first-order chi connectivity index (χ1) is 0. The van der Waals surface area contributed by atoms with Crippen LogP contribution in [-0.4, -0.2) is 60.8 Å². The van der Waals surface area contributed by atoms with Crippen molar-refractivity contribution in [3.8, 4) is 0 Å². The van der Waals surface area contributed by atoms with Crippen LogP contribution < -0.4 is 0 Å². The third-order valence-electron chi connectivity index (χ3n) is 0. The standard InChI is InChI=1S/Ca.Mg.Y.Zn.Zr.4H. The molecule has 0 heterocycles. The quantitative estimate of drug-likeness (QED) is 0.461. The molecule has 0 nitrogen and oxygen atoms in total. The van der Waals surface area contributed by atoms with E-state index in [1.165, 1.54) is 0 Å². The summed E-state index contributed by atoms with van der Waals surface area (Å²) in [6.07, 6.45) is 0. The summed E-state index contributed by atoms with van der Waals surface area (Å²) in [5.74, 6) is 0. The zero-order valence-electron chi connectivity index (χ0n) is 1.78. The Morgan fingerprint density at radius 2 is 1.00 bits per heavy atom. The normalized spacial score (nSPS) is 0. The van der Waals surface area contributed by atoms with Crippen LogP contribution in [0.3, 0.4) is 0 Å². The number of hydrogen-bond acceptors (Lipinski definition) is 0. The van der Waals surface area contributed by atoms with Crippen LogP contribution in [0.1, 0.15) is 0 Å². The van der Waals surface area contributed by atoms with Gasteiger partial charge in [0.25, 0.3) is 0 Å². The van der Waals surface area contributed by atoms with Gasteiger partial charge in [0.1, 0.15) is 0 Å². The van der Waals surface area contributed by atoms with Crippen LogP contribution in [0, 0.1) is 0 Å². The summed E-state index contributed by atoms with van der Waals surface area (Å²) in [5, 5.41) is 0. The molecule has 0 aromatic rings. The van der Waals surface area contributed by atoms with Crippen molar-refractivity contribution >= 4 is 60.8 Å². The molecule has 0 spiro atoms. The fourth-order valence-corrected chi connectivity index (χ4v) is 0. The summed E-state index contributed by atoms with van der Waals surface area (Å²) in [6, 6.07) is 0. The van der Waals surface area contributed by atoms with Crippen molar-refractivity contribution in [3.05, 3.63) is 0 Å². The van der Waals surface area contributed by atoms with Crippen LogP contribution in [0.5, 0.6) is 0 Å². The molecule has 0 rings (SSSR count). The Morgan fingerprint density at radius 3 is 1.00 bits per heavy atom. The van der Waals surface area contributed by atoms with E-state index in [1.807, 2.05) is 0 Å². The molecule has 0 bridgehead atoms. The van der Waals surface area contributed by atoms with Gasteiger partial charge in [-0.3, -0.25) is 0 Å². The van der Waals surface area contributed by atoms with Crippen molar-refractivity contribution < 1.29 is 78.4 Å². The second kappa shape index (κ2) is 23.4. The van der Waals surface area contributed by atoms with E-state index in [-0.39, 0.29) is 139 Å². The average molecular weight is 314 g/mol. The smallest absolute Gasteiger partial charge is 0 e. The summed E-state index contributed by atoms with van der Waals surface area (Å²) in [4.78, 5) is 0. The second-order valence-electron chi connectivity index (χ2n) is 0. The van der Waals surface area contributed by atoms with E-state index in [9.17, 15) is 0 Å². The predicted octanol–water partition coefficient (Wildman–Crippen LogP) is -1.84. The minimum absolute atomic E-state index is 0. The van der Waals surface area contributed by atoms with Crippen molar-refractivity contribution in [2.24, 2.45) is 0 Å². The molecule has 0 aromatic carbocycles. The zero-order valence-corrected chi connectivity index (χ0v) is 10.0. The van der Waals surface area contributed by atoms with E-state index in [2.05, 4.69) is 0 Å². The molecular formula is H4CaMgYZnZr. The van der Waals surface area contributed by atoms with Crippen molar-refractivity contribution in [1.82, 2.24) is 0 Å². The van der Waals surface area contributed by atoms with Crippen LogP contribution in [0.2, 0.25) is 0 Å². The molecule has 5 heteroatoms. The molecule has 0 N–H and O–H groups in total. The van der Waals surface area contributed by atoms with E-state index in [4.69, 9.17) is 0 Å². The molecule has 0 aliphatic carbocycles. The Kier molecular flexibility index (Phi) is 157. The molecule has 17 valence electrons. The molecule has 5 heavy (non-hydrogen) atoms. The fourth-order valence-electron chi connectivity index (χ4n) is 0. The third kappa shape index (κ3) is 17.7. The van der Waals surface area contributed by atoms with E-state index in [1.54, 1.807) is 0 Å². The van der Waals surface area contributed by atoms with Crippen LogP contribution in [0.25, 0.3) is 0 Å². The van der Waals surface area contributed by atoms with Gasteiger partial charge < -0.3 is 0 Å². The van der Waals surface area contributed by atoms with Crippen molar-refractivity contribution in [2.45, 2.75) is 0 Å². The molecule has 0 aliphatic rings. The number of rotatable bonds is 0. The maximum atomic E-state index is 0. The Hall–Kier alpha value is 4.64. The maximum Gasteiger partial charge on any atom is 0.316 e. The average Bonchev–Trinajstić information content (AvgIpc) is 0. The van der Waals surface area contributed by atoms with Gasteiger partial charge in [-0.05, 0) is 0 Å². The molecule has 0 amide bonds. The van der Waals surface area contributed by atoms with Gasteiger partial charge in [-0.25, -0.2) is 0 Å². The van der Waals surface area contributed by atoms with Crippen LogP contribution in [0.4, 0.5) is 0 Å². The monoisotopic (exact) mass is 311 g/mol. The SMILES string of the molecule is [CaH2].[MgH2].[Y].[Zn].[Zr]. The molecule has 0 saturated carbocycles. The molecule has 0 atom stereocenters. The topological polar surface area (TPSA) is 0 Å². The first-order valence-corrected chi connectivity index (χ1v) is 0. The minimum Gasteiger partial charge on any atom is 0 e. The predicted molar refractivity (Wildman–Crippen MR) is 17.1 cm³/mol. The maximum absolute atomic E-state index is 0. The van der Waals surface area contributed by atoms with Gasteiger partial charge in [0.15, 0.2) is 0 Å². The molecule has 0 fully saturated rings. The first kappa shape index (κ1) is 33.4. The Bertz CT molecular complexity index is 11.6. The molecule has 1 radical (unpaired) electrons. The molecule has 0 saturated heterocycles. The summed E-state index contributed by atoms with van der Waals surface area (Å²) in [7, 11) is 0. The molecule has 0 unspecified atom stereocenters. The van der Waals surface area contributed by atoms with Gasteiger partial charge in [-0.1, -0.05) is 0 Å². The molecule has 0 aliphatic heterocycles. The second-order valence-corrected chi connectivity index (χ2v) is 0. The summed E-state index contributed by atoms with van der Waals surface area (Å²) >= 11 is 0. The van der Waals surface area contributed by atoms with E-state index in [0.29, 0.717) is 0 Å². The van der Waals surface area contributed by atoms with Crippen LogP contribution in [-0.2, 0) is 78.4 Å². The summed E-state index contributed by atoms with van der Waals surface area (Å²) in [6.45, 7) is 0. The first-order valence-electron chi connectivity index (χ1n) is 0.